The Bertz CT molecular complexity index is 841. The van der Waals surface area contributed by atoms with Crippen molar-refractivity contribution < 1.29 is 28.9 Å². The van der Waals surface area contributed by atoms with Crippen LogP contribution in [0, 0.1) is 0 Å². The summed E-state index contributed by atoms with van der Waals surface area (Å²) in [5.41, 5.74) is 4.70. The van der Waals surface area contributed by atoms with Crippen LogP contribution in [0.2, 0.25) is 5.02 Å². The van der Waals surface area contributed by atoms with Crippen LogP contribution in [0.4, 0.5) is 0 Å². The van der Waals surface area contributed by atoms with Crippen molar-refractivity contribution in [1.82, 2.24) is 4.57 Å². The zero-order valence-corrected chi connectivity index (χ0v) is 15.2. The minimum absolute atomic E-state index is 0.210. The Morgan fingerprint density at radius 2 is 2.08 bits per heavy atom. The van der Waals surface area contributed by atoms with Crippen LogP contribution in [0.15, 0.2) is 21.3 Å². The average Bonchev–Trinajstić information content (AvgIpc) is 2.94. The Morgan fingerprint density at radius 3 is 2.65 bits per heavy atom. The number of nitrogens with zero attached hydrogens (tertiary/aromatic N) is 1. The Hall–Kier alpha value is -2.07. The summed E-state index contributed by atoms with van der Waals surface area (Å²) in [6.45, 7) is 2.05. The van der Waals surface area contributed by atoms with Gasteiger partial charge in [-0.25, -0.2) is 9.59 Å². The van der Waals surface area contributed by atoms with Crippen molar-refractivity contribution >= 4 is 28.7 Å². The molecule has 2 aromatic rings. The van der Waals surface area contributed by atoms with Crippen LogP contribution >= 0.6 is 11.6 Å². The molecule has 2 rings (SSSR count). The van der Waals surface area contributed by atoms with Crippen LogP contribution in [-0.2, 0) is 9.53 Å². The zero-order valence-electron chi connectivity index (χ0n) is 14.4. The second-order valence-electron chi connectivity index (χ2n) is 5.88. The lowest BCUT2D eigenvalue weighted by Gasteiger charge is -2.24. The fraction of sp³-hybridized carbons (Fsp3) is 0.500. The van der Waals surface area contributed by atoms with Crippen LogP contribution < -0.4 is 16.2 Å². The van der Waals surface area contributed by atoms with Crippen molar-refractivity contribution in [1.29, 1.82) is 0 Å². The van der Waals surface area contributed by atoms with Crippen LogP contribution in [0.3, 0.4) is 0 Å². The van der Waals surface area contributed by atoms with Gasteiger partial charge in [-0.15, -0.1) is 0 Å². The van der Waals surface area contributed by atoms with E-state index in [1.165, 1.54) is 19.1 Å². The molecule has 1 aromatic carbocycles. The molecule has 0 spiro atoms. The number of hydrogen-bond donors (Lipinski definition) is 3. The topological polar surface area (TPSA) is 137 Å². The second kappa shape index (κ2) is 8.09. The van der Waals surface area contributed by atoms with E-state index in [9.17, 15) is 9.59 Å². The summed E-state index contributed by atoms with van der Waals surface area (Å²) in [6.07, 6.45) is 0. The second-order valence-corrected chi connectivity index (χ2v) is 6.29. The molecule has 9 nitrogen and oxygen atoms in total. The van der Waals surface area contributed by atoms with Crippen molar-refractivity contribution in [3.05, 3.63) is 27.7 Å². The van der Waals surface area contributed by atoms with Gasteiger partial charge in [-0.05, 0) is 19.9 Å². The Balaban J connectivity index is 2.31. The molecule has 0 aliphatic heterocycles. The lowest BCUT2D eigenvalue weighted by molar-refractivity contribution is -0.150. The maximum Gasteiger partial charge on any atom is 0.420 e. The number of aromatic nitrogens is 1. The number of benzene rings is 1. The molecule has 10 heteroatoms. The van der Waals surface area contributed by atoms with E-state index >= 15 is 0 Å². The SMILES string of the molecule is CCOc1cc2oc(=O)n(C(C)C(=O)OCC(N)(CO)CO)c2cc1Cl. The monoisotopic (exact) mass is 388 g/mol. The van der Waals surface area contributed by atoms with Gasteiger partial charge in [0.2, 0.25) is 0 Å². The van der Waals surface area contributed by atoms with Gasteiger partial charge in [0.1, 0.15) is 18.4 Å². The van der Waals surface area contributed by atoms with Gasteiger partial charge in [0.05, 0.1) is 35.9 Å². The van der Waals surface area contributed by atoms with E-state index in [1.54, 1.807) is 6.92 Å². The standard InChI is InChI=1S/C16H21ClN2O7/c1-3-24-12-5-13-11(4-10(12)17)19(15(23)26-13)9(2)14(22)25-8-16(18,6-20)7-21/h4-5,9,20-21H,3,6-8,18H2,1-2H3. The molecule has 0 aliphatic carbocycles. The number of ether oxygens (including phenoxy) is 2. The molecule has 0 bridgehead atoms. The zero-order chi connectivity index (χ0) is 19.5. The summed E-state index contributed by atoms with van der Waals surface area (Å²) in [5.74, 6) is -1.19. The van der Waals surface area contributed by atoms with Gasteiger partial charge in [-0.3, -0.25) is 4.57 Å². The lowest BCUT2D eigenvalue weighted by atomic mass is 10.1. The van der Waals surface area contributed by atoms with Crippen molar-refractivity contribution in [2.45, 2.75) is 25.4 Å². The smallest absolute Gasteiger partial charge is 0.420 e. The first-order chi connectivity index (χ1) is 12.3. The first kappa shape index (κ1) is 20.2. The molecular weight excluding hydrogens is 368 g/mol. The van der Waals surface area contributed by atoms with Gasteiger partial charge < -0.3 is 29.8 Å². The van der Waals surface area contributed by atoms with Crippen LogP contribution in [0.25, 0.3) is 11.1 Å². The highest BCUT2D eigenvalue weighted by Crippen LogP contribution is 2.31. The Morgan fingerprint density at radius 1 is 1.42 bits per heavy atom. The third kappa shape index (κ3) is 4.01. The third-order valence-corrected chi connectivity index (χ3v) is 4.12. The predicted molar refractivity (Wildman–Crippen MR) is 93.4 cm³/mol. The number of carbonyl (C=O) groups is 1. The maximum atomic E-state index is 12.3. The largest absolute Gasteiger partial charge is 0.492 e. The number of halogens is 1. The van der Waals surface area contributed by atoms with E-state index < -0.39 is 43.1 Å². The van der Waals surface area contributed by atoms with Crippen molar-refractivity contribution in [2.75, 3.05) is 26.4 Å². The molecule has 1 heterocycles. The number of fused-ring (bicyclic) bond motifs is 1. The fourth-order valence-electron chi connectivity index (χ4n) is 2.25. The summed E-state index contributed by atoms with van der Waals surface area (Å²) in [7, 11) is 0. The fourth-order valence-corrected chi connectivity index (χ4v) is 2.46. The van der Waals surface area contributed by atoms with E-state index in [0.29, 0.717) is 17.9 Å². The number of rotatable bonds is 8. The highest BCUT2D eigenvalue weighted by atomic mass is 35.5. The van der Waals surface area contributed by atoms with Gasteiger partial charge in [0.25, 0.3) is 0 Å². The minimum Gasteiger partial charge on any atom is -0.492 e. The van der Waals surface area contributed by atoms with Gasteiger partial charge in [0, 0.05) is 6.07 Å². The Labute approximate surface area is 153 Å². The number of aliphatic hydroxyl groups excluding tert-OH is 2. The van der Waals surface area contributed by atoms with Crippen molar-refractivity contribution in [3.8, 4) is 5.75 Å². The van der Waals surface area contributed by atoms with Crippen molar-refractivity contribution in [2.24, 2.45) is 5.73 Å². The quantitative estimate of drug-likeness (QED) is 0.554. The van der Waals surface area contributed by atoms with E-state index in [0.717, 1.165) is 4.57 Å². The number of oxazole rings is 1. The lowest BCUT2D eigenvalue weighted by Crippen LogP contribution is -2.52. The van der Waals surface area contributed by atoms with Crippen LogP contribution in [0.1, 0.15) is 19.9 Å². The van der Waals surface area contributed by atoms with Crippen molar-refractivity contribution in [3.63, 3.8) is 0 Å². The number of hydrogen-bond acceptors (Lipinski definition) is 8. The summed E-state index contributed by atoms with van der Waals surface area (Å²) >= 11 is 6.14. The molecule has 26 heavy (non-hydrogen) atoms. The van der Waals surface area contributed by atoms with E-state index in [1.807, 2.05) is 0 Å². The predicted octanol–water partition coefficient (Wildman–Crippen LogP) is 0.433. The number of carbonyl (C=O) groups excluding carboxylic acids is 1. The molecule has 4 N–H and O–H groups in total. The summed E-state index contributed by atoms with van der Waals surface area (Å²) < 4.78 is 16.6. The normalized spacial score (nSPS) is 13.0. The van der Waals surface area contributed by atoms with Gasteiger partial charge in [-0.1, -0.05) is 11.6 Å². The molecule has 0 aliphatic rings. The van der Waals surface area contributed by atoms with E-state index in [2.05, 4.69) is 0 Å². The molecule has 144 valence electrons. The molecule has 0 saturated heterocycles. The highest BCUT2D eigenvalue weighted by molar-refractivity contribution is 6.32. The summed E-state index contributed by atoms with van der Waals surface area (Å²) in [6, 6.07) is 1.89. The van der Waals surface area contributed by atoms with Gasteiger partial charge in [-0.2, -0.15) is 0 Å². The number of nitrogens with two attached hydrogens (primary N) is 1. The summed E-state index contributed by atoms with van der Waals surface area (Å²) in [4.78, 5) is 24.4. The Kier molecular flexibility index (Phi) is 6.30. The van der Waals surface area contributed by atoms with E-state index in [4.69, 9.17) is 41.4 Å². The average molecular weight is 389 g/mol. The van der Waals surface area contributed by atoms with Gasteiger partial charge >= 0.3 is 11.7 Å². The maximum absolute atomic E-state index is 12.3. The highest BCUT2D eigenvalue weighted by Gasteiger charge is 2.29. The number of aliphatic hydroxyl groups is 2. The molecule has 0 fully saturated rings. The molecule has 1 atom stereocenters. The minimum atomic E-state index is -1.46. The van der Waals surface area contributed by atoms with Crippen LogP contribution in [0.5, 0.6) is 5.75 Å². The van der Waals surface area contributed by atoms with E-state index in [-0.39, 0.29) is 10.6 Å². The van der Waals surface area contributed by atoms with Crippen LogP contribution in [-0.4, -0.2) is 52.7 Å². The molecule has 1 aromatic heterocycles. The third-order valence-electron chi connectivity index (χ3n) is 3.83. The summed E-state index contributed by atoms with van der Waals surface area (Å²) in [5, 5.41) is 18.5. The molecule has 1 unspecified atom stereocenters. The molecular formula is C16H21ClN2O7. The molecule has 0 amide bonds. The molecule has 0 saturated carbocycles. The number of esters is 1. The molecule has 0 radical (unpaired) electrons. The first-order valence-electron chi connectivity index (χ1n) is 7.91. The first-order valence-corrected chi connectivity index (χ1v) is 8.28. The van der Waals surface area contributed by atoms with Gasteiger partial charge in [0.15, 0.2) is 5.58 Å².